The number of rotatable bonds is 5. The highest BCUT2D eigenvalue weighted by molar-refractivity contribution is 5.97. The summed E-state index contributed by atoms with van der Waals surface area (Å²) >= 11 is 0. The quantitative estimate of drug-likeness (QED) is 0.793. The number of hydrogen-bond donors (Lipinski definition) is 2. The molecule has 1 amide bonds. The largest absolute Gasteiger partial charge is 0.367 e. The molecule has 3 rings (SSSR count). The Bertz CT molecular complexity index is 788. The molecule has 1 saturated carbocycles. The molecule has 0 atom stereocenters. The molecule has 1 fully saturated rings. The number of amides is 1. The number of pyridine rings is 2. The summed E-state index contributed by atoms with van der Waals surface area (Å²) in [6.45, 7) is 3.82. The van der Waals surface area contributed by atoms with Crippen molar-refractivity contribution >= 4 is 28.3 Å². The first-order valence-corrected chi connectivity index (χ1v) is 9.10. The number of hydrogen-bond acceptors (Lipinski definition) is 4. The van der Waals surface area contributed by atoms with Crippen molar-refractivity contribution in [2.75, 3.05) is 10.6 Å². The van der Waals surface area contributed by atoms with E-state index < -0.39 is 6.43 Å². The fourth-order valence-corrected chi connectivity index (χ4v) is 3.32. The molecule has 1 aliphatic carbocycles. The van der Waals surface area contributed by atoms with Crippen molar-refractivity contribution in [2.45, 2.75) is 58.4 Å². The standard InChI is InChI=1S/C19H24F2N4O/c1-11(2)23-18-14-9-16(25-19(26)12-6-4-3-5-7-12)22-10-13(14)8-15(24-18)17(20)21/h8-12,17H,3-7H2,1-2H3,(H,23,24)(H,22,25,26). The van der Waals surface area contributed by atoms with Gasteiger partial charge in [-0.05, 0) is 38.8 Å². The fourth-order valence-electron chi connectivity index (χ4n) is 3.32. The molecule has 0 spiro atoms. The van der Waals surface area contributed by atoms with Gasteiger partial charge in [-0.25, -0.2) is 18.7 Å². The lowest BCUT2D eigenvalue weighted by Crippen LogP contribution is -2.25. The van der Waals surface area contributed by atoms with Crippen molar-refractivity contribution < 1.29 is 13.6 Å². The topological polar surface area (TPSA) is 66.9 Å². The first-order chi connectivity index (χ1) is 12.4. The van der Waals surface area contributed by atoms with Crippen LogP contribution in [0, 0.1) is 5.92 Å². The van der Waals surface area contributed by atoms with Crippen LogP contribution in [0.1, 0.15) is 58.1 Å². The zero-order valence-electron chi connectivity index (χ0n) is 15.1. The van der Waals surface area contributed by atoms with Gasteiger partial charge in [-0.1, -0.05) is 19.3 Å². The van der Waals surface area contributed by atoms with Gasteiger partial charge in [-0.2, -0.15) is 0 Å². The number of halogens is 2. The molecule has 2 aromatic rings. The van der Waals surface area contributed by atoms with E-state index in [2.05, 4.69) is 20.6 Å². The van der Waals surface area contributed by atoms with Crippen LogP contribution in [0.3, 0.4) is 0 Å². The molecule has 0 bridgehead atoms. The average Bonchev–Trinajstić information content (AvgIpc) is 2.62. The minimum atomic E-state index is -2.65. The Kier molecular flexibility index (Phi) is 5.64. The second kappa shape index (κ2) is 7.93. The smallest absolute Gasteiger partial charge is 0.280 e. The van der Waals surface area contributed by atoms with E-state index in [1.54, 1.807) is 6.07 Å². The molecule has 2 heterocycles. The highest BCUT2D eigenvalue weighted by Crippen LogP contribution is 2.30. The number of alkyl halides is 2. The summed E-state index contributed by atoms with van der Waals surface area (Å²) in [5.74, 6) is 0.802. The van der Waals surface area contributed by atoms with Gasteiger partial charge < -0.3 is 10.6 Å². The number of carbonyl (C=O) groups excluding carboxylic acids is 1. The Morgan fingerprint density at radius 3 is 2.58 bits per heavy atom. The van der Waals surface area contributed by atoms with Gasteiger partial charge in [0.2, 0.25) is 5.91 Å². The Morgan fingerprint density at radius 1 is 1.19 bits per heavy atom. The molecule has 0 aromatic carbocycles. The Labute approximate surface area is 151 Å². The second-order valence-electron chi connectivity index (χ2n) is 7.11. The molecule has 0 saturated heterocycles. The summed E-state index contributed by atoms with van der Waals surface area (Å²) in [6.07, 6.45) is 3.99. The van der Waals surface area contributed by atoms with Crippen LogP contribution >= 0.6 is 0 Å². The molecule has 0 aliphatic heterocycles. The number of nitrogens with zero attached hydrogens (tertiary/aromatic N) is 2. The first kappa shape index (κ1) is 18.5. The average molecular weight is 362 g/mol. The summed E-state index contributed by atoms with van der Waals surface area (Å²) in [5.41, 5.74) is -0.290. The van der Waals surface area contributed by atoms with Gasteiger partial charge in [0.25, 0.3) is 6.43 Å². The summed E-state index contributed by atoms with van der Waals surface area (Å²) in [6, 6.07) is 3.07. The lowest BCUT2D eigenvalue weighted by Gasteiger charge is -2.20. The molecule has 2 aromatic heterocycles. The highest BCUT2D eigenvalue weighted by atomic mass is 19.3. The predicted molar refractivity (Wildman–Crippen MR) is 98.5 cm³/mol. The van der Waals surface area contributed by atoms with Crippen LogP contribution in [-0.2, 0) is 4.79 Å². The maximum Gasteiger partial charge on any atom is 0.280 e. The van der Waals surface area contributed by atoms with Crippen LogP contribution in [0.5, 0.6) is 0 Å². The Balaban J connectivity index is 1.90. The van der Waals surface area contributed by atoms with E-state index in [1.807, 2.05) is 13.8 Å². The lowest BCUT2D eigenvalue weighted by molar-refractivity contribution is -0.120. The summed E-state index contributed by atoms with van der Waals surface area (Å²) in [7, 11) is 0. The van der Waals surface area contributed by atoms with Gasteiger partial charge in [0.15, 0.2) is 0 Å². The van der Waals surface area contributed by atoms with Gasteiger partial charge in [0.1, 0.15) is 17.3 Å². The maximum absolute atomic E-state index is 13.1. The molecule has 7 heteroatoms. The third-order valence-corrected chi connectivity index (χ3v) is 4.61. The maximum atomic E-state index is 13.1. The van der Waals surface area contributed by atoms with Crippen LogP contribution in [0.2, 0.25) is 0 Å². The normalized spacial score (nSPS) is 15.6. The highest BCUT2D eigenvalue weighted by Gasteiger charge is 2.22. The Hall–Kier alpha value is -2.31. The molecular weight excluding hydrogens is 338 g/mol. The first-order valence-electron chi connectivity index (χ1n) is 9.10. The van der Waals surface area contributed by atoms with Crippen molar-refractivity contribution in [2.24, 2.45) is 5.92 Å². The minimum Gasteiger partial charge on any atom is -0.367 e. The number of carbonyl (C=O) groups is 1. The van der Waals surface area contributed by atoms with Crippen LogP contribution in [0.25, 0.3) is 10.8 Å². The van der Waals surface area contributed by atoms with Crippen molar-refractivity contribution in [1.82, 2.24) is 9.97 Å². The molecule has 2 N–H and O–H groups in total. The molecule has 1 aliphatic rings. The van der Waals surface area contributed by atoms with E-state index in [0.717, 1.165) is 25.7 Å². The van der Waals surface area contributed by atoms with Crippen LogP contribution in [-0.4, -0.2) is 21.9 Å². The third kappa shape index (κ3) is 4.26. The van der Waals surface area contributed by atoms with Gasteiger partial charge in [-0.3, -0.25) is 4.79 Å². The van der Waals surface area contributed by atoms with Gasteiger partial charge in [0, 0.05) is 28.9 Å². The number of nitrogens with one attached hydrogen (secondary N) is 2. The molecule has 0 radical (unpaired) electrons. The zero-order valence-corrected chi connectivity index (χ0v) is 15.1. The van der Waals surface area contributed by atoms with Gasteiger partial charge in [-0.15, -0.1) is 0 Å². The van der Waals surface area contributed by atoms with Crippen molar-refractivity contribution in [1.29, 1.82) is 0 Å². The number of fused-ring (bicyclic) bond motifs is 1. The summed E-state index contributed by atoms with van der Waals surface area (Å²) in [5, 5.41) is 7.20. The van der Waals surface area contributed by atoms with Crippen molar-refractivity contribution in [3.63, 3.8) is 0 Å². The van der Waals surface area contributed by atoms with Crippen LogP contribution in [0.4, 0.5) is 20.4 Å². The van der Waals surface area contributed by atoms with E-state index in [-0.39, 0.29) is 23.6 Å². The number of aromatic nitrogens is 2. The Morgan fingerprint density at radius 2 is 1.92 bits per heavy atom. The summed E-state index contributed by atoms with van der Waals surface area (Å²) < 4.78 is 26.2. The van der Waals surface area contributed by atoms with Gasteiger partial charge >= 0.3 is 0 Å². The second-order valence-corrected chi connectivity index (χ2v) is 7.11. The molecule has 5 nitrogen and oxygen atoms in total. The molecule has 140 valence electrons. The zero-order chi connectivity index (χ0) is 18.7. The molecular formula is C19H24F2N4O. The van der Waals surface area contributed by atoms with E-state index in [0.29, 0.717) is 22.4 Å². The van der Waals surface area contributed by atoms with Crippen molar-refractivity contribution in [3.8, 4) is 0 Å². The molecule has 0 unspecified atom stereocenters. The van der Waals surface area contributed by atoms with E-state index >= 15 is 0 Å². The fraction of sp³-hybridized carbons (Fsp3) is 0.526. The van der Waals surface area contributed by atoms with E-state index in [1.165, 1.54) is 18.7 Å². The van der Waals surface area contributed by atoms with E-state index in [9.17, 15) is 13.6 Å². The molecule has 26 heavy (non-hydrogen) atoms. The minimum absolute atomic E-state index is 0.0212. The van der Waals surface area contributed by atoms with Crippen LogP contribution < -0.4 is 10.6 Å². The monoisotopic (exact) mass is 362 g/mol. The predicted octanol–water partition coefficient (Wildman–Crippen LogP) is 4.91. The third-order valence-electron chi connectivity index (χ3n) is 4.61. The summed E-state index contributed by atoms with van der Waals surface area (Å²) in [4.78, 5) is 20.7. The van der Waals surface area contributed by atoms with Gasteiger partial charge in [0.05, 0.1) is 0 Å². The SMILES string of the molecule is CC(C)Nc1nc(C(F)F)cc2cnc(NC(=O)C3CCCCC3)cc12. The van der Waals surface area contributed by atoms with E-state index in [4.69, 9.17) is 0 Å². The van der Waals surface area contributed by atoms with Crippen LogP contribution in [0.15, 0.2) is 18.3 Å². The number of anilines is 2. The lowest BCUT2D eigenvalue weighted by atomic mass is 9.89. The van der Waals surface area contributed by atoms with Crippen molar-refractivity contribution in [3.05, 3.63) is 24.0 Å².